The normalized spacial score (nSPS) is 23.8. The van der Waals surface area contributed by atoms with E-state index in [1.54, 1.807) is 7.11 Å². The van der Waals surface area contributed by atoms with Crippen LogP contribution in [-0.2, 0) is 16.0 Å². The molecule has 2 aliphatic rings. The van der Waals surface area contributed by atoms with Crippen molar-refractivity contribution in [2.24, 2.45) is 17.8 Å². The van der Waals surface area contributed by atoms with E-state index >= 15 is 0 Å². The highest BCUT2D eigenvalue weighted by molar-refractivity contribution is 5.82. The third-order valence-electron chi connectivity index (χ3n) is 5.74. The maximum atomic E-state index is 12.6. The summed E-state index contributed by atoms with van der Waals surface area (Å²) in [6, 6.07) is 7.37. The largest absolute Gasteiger partial charge is 0.497 e. The van der Waals surface area contributed by atoms with Gasteiger partial charge in [-0.2, -0.15) is 0 Å². The Morgan fingerprint density at radius 1 is 1.16 bits per heavy atom. The Kier molecular flexibility index (Phi) is 5.61. The minimum absolute atomic E-state index is 0.00434. The average Bonchev–Trinajstić information content (AvgIpc) is 3.06. The van der Waals surface area contributed by atoms with Crippen molar-refractivity contribution in [2.45, 2.75) is 38.5 Å². The van der Waals surface area contributed by atoms with Crippen LogP contribution in [0.25, 0.3) is 0 Å². The number of fused-ring (bicyclic) bond motifs is 1. The first-order chi connectivity index (χ1) is 12.1. The molecule has 1 aliphatic heterocycles. The van der Waals surface area contributed by atoms with Gasteiger partial charge in [0, 0.05) is 19.5 Å². The van der Waals surface area contributed by atoms with Gasteiger partial charge in [0.1, 0.15) is 5.75 Å². The van der Waals surface area contributed by atoms with E-state index in [2.05, 4.69) is 0 Å². The Morgan fingerprint density at radius 3 is 2.28 bits per heavy atom. The van der Waals surface area contributed by atoms with Gasteiger partial charge in [0.05, 0.1) is 13.0 Å². The fourth-order valence-electron chi connectivity index (χ4n) is 4.24. The number of carbonyl (C=O) groups is 2. The van der Waals surface area contributed by atoms with Crippen molar-refractivity contribution in [3.63, 3.8) is 0 Å². The molecule has 1 saturated heterocycles. The van der Waals surface area contributed by atoms with Crippen molar-refractivity contribution in [3.8, 4) is 5.75 Å². The van der Waals surface area contributed by atoms with E-state index in [9.17, 15) is 14.7 Å². The molecule has 136 valence electrons. The molecule has 5 heteroatoms. The number of hydrogen-bond acceptors (Lipinski definition) is 3. The first-order valence-electron chi connectivity index (χ1n) is 9.20. The second-order valence-corrected chi connectivity index (χ2v) is 7.39. The molecule has 25 heavy (non-hydrogen) atoms. The van der Waals surface area contributed by atoms with Crippen LogP contribution < -0.4 is 4.74 Å². The van der Waals surface area contributed by atoms with Gasteiger partial charge >= 0.3 is 5.97 Å². The van der Waals surface area contributed by atoms with Gasteiger partial charge in [-0.3, -0.25) is 9.59 Å². The highest BCUT2D eigenvalue weighted by Crippen LogP contribution is 2.36. The minimum Gasteiger partial charge on any atom is -0.497 e. The van der Waals surface area contributed by atoms with Gasteiger partial charge in [0.15, 0.2) is 0 Å². The van der Waals surface area contributed by atoms with Gasteiger partial charge < -0.3 is 14.7 Å². The van der Waals surface area contributed by atoms with Crippen LogP contribution in [0.4, 0.5) is 0 Å². The lowest BCUT2D eigenvalue weighted by atomic mass is 9.82. The molecule has 3 unspecified atom stereocenters. The molecule has 1 aromatic rings. The van der Waals surface area contributed by atoms with Crippen LogP contribution in [0.15, 0.2) is 24.3 Å². The highest BCUT2D eigenvalue weighted by atomic mass is 16.5. The Hall–Kier alpha value is -2.04. The zero-order chi connectivity index (χ0) is 17.8. The summed E-state index contributed by atoms with van der Waals surface area (Å²) < 4.78 is 5.12. The number of rotatable bonds is 6. The third-order valence-corrected chi connectivity index (χ3v) is 5.74. The number of carbonyl (C=O) groups excluding carboxylic acids is 1. The maximum absolute atomic E-state index is 12.6. The molecule has 1 aromatic carbocycles. The summed E-state index contributed by atoms with van der Waals surface area (Å²) in [5.74, 6) is 0.413. The molecular weight excluding hydrogens is 318 g/mol. The van der Waals surface area contributed by atoms with E-state index < -0.39 is 11.9 Å². The number of ether oxygens (including phenoxy) is 1. The summed E-state index contributed by atoms with van der Waals surface area (Å²) in [5.41, 5.74) is 0.913. The zero-order valence-electron chi connectivity index (χ0n) is 14.8. The van der Waals surface area contributed by atoms with Crippen molar-refractivity contribution in [1.82, 2.24) is 4.90 Å². The molecule has 0 spiro atoms. The van der Waals surface area contributed by atoms with E-state index in [1.165, 1.54) is 25.7 Å². The quantitative estimate of drug-likeness (QED) is 0.861. The van der Waals surface area contributed by atoms with Gasteiger partial charge in [-0.05, 0) is 48.8 Å². The lowest BCUT2D eigenvalue weighted by molar-refractivity contribution is -0.145. The molecule has 1 saturated carbocycles. The number of benzene rings is 1. The van der Waals surface area contributed by atoms with Crippen molar-refractivity contribution in [3.05, 3.63) is 29.8 Å². The second-order valence-electron chi connectivity index (χ2n) is 7.39. The number of likely N-dealkylation sites (tertiary alicyclic amines) is 1. The Bertz CT molecular complexity index is 599. The van der Waals surface area contributed by atoms with Crippen molar-refractivity contribution in [1.29, 1.82) is 0 Å². The van der Waals surface area contributed by atoms with Gasteiger partial charge in [-0.15, -0.1) is 0 Å². The molecule has 3 atom stereocenters. The van der Waals surface area contributed by atoms with Crippen LogP contribution in [0.2, 0.25) is 0 Å². The molecule has 1 N–H and O–H groups in total. The minimum atomic E-state index is -0.902. The first-order valence-corrected chi connectivity index (χ1v) is 9.20. The fraction of sp³-hybridized carbons (Fsp3) is 0.600. The zero-order valence-corrected chi connectivity index (χ0v) is 14.8. The second kappa shape index (κ2) is 7.89. The monoisotopic (exact) mass is 345 g/mol. The van der Waals surface area contributed by atoms with Gasteiger partial charge in [0.2, 0.25) is 5.91 Å². The smallest absolute Gasteiger partial charge is 0.307 e. The molecular formula is C20H27NO4. The van der Waals surface area contributed by atoms with Crippen LogP contribution in [0, 0.1) is 17.8 Å². The van der Waals surface area contributed by atoms with Crippen molar-refractivity contribution >= 4 is 11.9 Å². The lowest BCUT2D eigenvalue weighted by Gasteiger charge is -2.22. The SMILES string of the molecule is COc1ccc(CC(CC(=O)N2CC3CCCCC3C2)C(=O)O)cc1. The molecule has 3 rings (SSSR count). The van der Waals surface area contributed by atoms with Crippen molar-refractivity contribution in [2.75, 3.05) is 20.2 Å². The molecule has 0 bridgehead atoms. The predicted octanol–water partition coefficient (Wildman–Crippen LogP) is 2.98. The first kappa shape index (κ1) is 17.8. The van der Waals surface area contributed by atoms with Crippen molar-refractivity contribution < 1.29 is 19.4 Å². The summed E-state index contributed by atoms with van der Waals surface area (Å²) in [4.78, 5) is 26.2. The third kappa shape index (κ3) is 4.33. The summed E-state index contributed by atoms with van der Waals surface area (Å²) in [7, 11) is 1.60. The average molecular weight is 345 g/mol. The van der Waals surface area contributed by atoms with Crippen LogP contribution in [0.1, 0.15) is 37.7 Å². The predicted molar refractivity (Wildman–Crippen MR) is 94.5 cm³/mol. The van der Waals surface area contributed by atoms with E-state index in [1.807, 2.05) is 29.2 Å². The van der Waals surface area contributed by atoms with Crippen LogP contribution in [-0.4, -0.2) is 42.1 Å². The number of methoxy groups -OCH3 is 1. The Balaban J connectivity index is 1.59. The van der Waals surface area contributed by atoms with Crippen LogP contribution >= 0.6 is 0 Å². The fourth-order valence-corrected chi connectivity index (χ4v) is 4.24. The summed E-state index contributed by atoms with van der Waals surface area (Å²) in [5, 5.41) is 9.54. The maximum Gasteiger partial charge on any atom is 0.307 e. The molecule has 5 nitrogen and oxygen atoms in total. The lowest BCUT2D eigenvalue weighted by Crippen LogP contribution is -2.33. The molecule has 1 heterocycles. The number of amides is 1. The standard InChI is InChI=1S/C20H27NO4/c1-25-18-8-6-14(7-9-18)10-17(20(23)24)11-19(22)21-12-15-4-2-3-5-16(15)13-21/h6-9,15-17H,2-5,10-13H2,1H3,(H,23,24). The topological polar surface area (TPSA) is 66.8 Å². The van der Waals surface area contributed by atoms with E-state index in [0.29, 0.717) is 18.3 Å². The van der Waals surface area contributed by atoms with Gasteiger partial charge in [-0.25, -0.2) is 0 Å². The van der Waals surface area contributed by atoms with Gasteiger partial charge in [0.25, 0.3) is 0 Å². The number of nitrogens with zero attached hydrogens (tertiary/aromatic N) is 1. The van der Waals surface area contributed by atoms with Crippen LogP contribution in [0.5, 0.6) is 5.75 Å². The number of aliphatic carboxylic acids is 1. The summed E-state index contributed by atoms with van der Waals surface area (Å²) in [6.45, 7) is 1.64. The summed E-state index contributed by atoms with van der Waals surface area (Å²) in [6.07, 6.45) is 5.40. The Morgan fingerprint density at radius 2 is 1.76 bits per heavy atom. The van der Waals surface area contributed by atoms with E-state index in [4.69, 9.17) is 4.74 Å². The van der Waals surface area contributed by atoms with E-state index in [0.717, 1.165) is 24.4 Å². The van der Waals surface area contributed by atoms with E-state index in [-0.39, 0.29) is 12.3 Å². The molecule has 0 aromatic heterocycles. The molecule has 2 fully saturated rings. The van der Waals surface area contributed by atoms with Crippen LogP contribution in [0.3, 0.4) is 0 Å². The van der Waals surface area contributed by atoms with Gasteiger partial charge in [-0.1, -0.05) is 25.0 Å². The number of carboxylic acids is 1. The molecule has 1 amide bonds. The molecule has 1 aliphatic carbocycles. The summed E-state index contributed by atoms with van der Waals surface area (Å²) >= 11 is 0. The highest BCUT2D eigenvalue weighted by Gasteiger charge is 2.37. The number of hydrogen-bond donors (Lipinski definition) is 1. The Labute approximate surface area is 149 Å². The number of carboxylic acid groups (broad SMARTS) is 1. The molecule has 0 radical (unpaired) electrons.